The van der Waals surface area contributed by atoms with E-state index in [1.165, 1.54) is 28.7 Å². The third-order valence-corrected chi connectivity index (χ3v) is 6.26. The standard InChI is InChI=1S/C26H30N4O2/c1-29(2)20-5-7-21(8-6-20)30(3)22-9-10-23-18(16-22)12-15-28-25(23)11-4-19-17-27-14-13-24(19)26(31)32/h5-10,13-14,16-17,25,28H,4,11-12,15H2,1-3H3,(H,31,32)/t25-/m0/s1. The number of carboxylic acids is 1. The van der Waals surface area contributed by atoms with Crippen LogP contribution >= 0.6 is 0 Å². The minimum Gasteiger partial charge on any atom is -0.478 e. The fraction of sp³-hybridized carbons (Fsp3) is 0.308. The SMILES string of the molecule is CN(C)c1ccc(N(C)c2ccc3c(c2)CCN[C@H]3CCc2cnccc2C(=O)O)cc1. The molecule has 0 radical (unpaired) electrons. The van der Waals surface area contributed by atoms with Crippen LogP contribution in [0.25, 0.3) is 0 Å². The molecule has 2 N–H and O–H groups in total. The van der Waals surface area contributed by atoms with Crippen LogP contribution in [0.3, 0.4) is 0 Å². The third-order valence-electron chi connectivity index (χ3n) is 6.26. The van der Waals surface area contributed by atoms with Gasteiger partial charge in [0.25, 0.3) is 0 Å². The van der Waals surface area contributed by atoms with Crippen molar-refractivity contribution in [2.75, 3.05) is 37.5 Å². The van der Waals surface area contributed by atoms with Crippen molar-refractivity contribution in [3.8, 4) is 0 Å². The molecule has 32 heavy (non-hydrogen) atoms. The van der Waals surface area contributed by atoms with Crippen molar-refractivity contribution in [3.05, 3.63) is 83.2 Å². The number of rotatable bonds is 7. The smallest absolute Gasteiger partial charge is 0.336 e. The normalized spacial score (nSPS) is 15.2. The van der Waals surface area contributed by atoms with Crippen LogP contribution in [-0.2, 0) is 12.8 Å². The van der Waals surface area contributed by atoms with Crippen LogP contribution in [0.1, 0.15) is 39.5 Å². The van der Waals surface area contributed by atoms with E-state index in [2.05, 4.69) is 69.6 Å². The molecule has 0 spiro atoms. The summed E-state index contributed by atoms with van der Waals surface area (Å²) in [5.41, 5.74) is 7.28. The maximum atomic E-state index is 11.5. The quantitative estimate of drug-likeness (QED) is 0.578. The van der Waals surface area contributed by atoms with Gasteiger partial charge in [-0.15, -0.1) is 0 Å². The molecule has 6 nitrogen and oxygen atoms in total. The number of carbonyl (C=O) groups is 1. The summed E-state index contributed by atoms with van der Waals surface area (Å²) in [5.74, 6) is -0.898. The van der Waals surface area contributed by atoms with Gasteiger partial charge in [0, 0.05) is 56.6 Å². The molecule has 1 aromatic heterocycles. The van der Waals surface area contributed by atoms with Crippen molar-refractivity contribution >= 4 is 23.0 Å². The van der Waals surface area contributed by atoms with E-state index in [1.807, 2.05) is 14.1 Å². The highest BCUT2D eigenvalue weighted by Gasteiger charge is 2.21. The van der Waals surface area contributed by atoms with Gasteiger partial charge in [-0.2, -0.15) is 0 Å². The molecular weight excluding hydrogens is 400 g/mol. The Bertz CT molecular complexity index is 1100. The number of nitrogens with one attached hydrogen (secondary N) is 1. The fourth-order valence-electron chi connectivity index (χ4n) is 4.36. The van der Waals surface area contributed by atoms with Gasteiger partial charge in [-0.3, -0.25) is 4.98 Å². The number of aromatic nitrogens is 1. The molecule has 0 saturated heterocycles. The minimum absolute atomic E-state index is 0.208. The van der Waals surface area contributed by atoms with Crippen molar-refractivity contribution in [1.29, 1.82) is 0 Å². The summed E-state index contributed by atoms with van der Waals surface area (Å²) in [4.78, 5) is 19.9. The average molecular weight is 431 g/mol. The van der Waals surface area contributed by atoms with E-state index in [0.29, 0.717) is 12.0 Å². The highest BCUT2D eigenvalue weighted by molar-refractivity contribution is 5.89. The van der Waals surface area contributed by atoms with E-state index < -0.39 is 5.97 Å². The summed E-state index contributed by atoms with van der Waals surface area (Å²) in [7, 11) is 6.19. The van der Waals surface area contributed by atoms with Gasteiger partial charge < -0.3 is 20.2 Å². The molecule has 166 valence electrons. The average Bonchev–Trinajstić information content (AvgIpc) is 2.82. The van der Waals surface area contributed by atoms with Gasteiger partial charge in [-0.1, -0.05) is 6.07 Å². The summed E-state index contributed by atoms with van der Waals surface area (Å²) >= 11 is 0. The number of anilines is 3. The first-order chi connectivity index (χ1) is 15.4. The van der Waals surface area contributed by atoms with Crippen molar-refractivity contribution in [2.24, 2.45) is 0 Å². The lowest BCUT2D eigenvalue weighted by Gasteiger charge is -2.29. The number of pyridine rings is 1. The Morgan fingerprint density at radius 1 is 1.06 bits per heavy atom. The van der Waals surface area contributed by atoms with Crippen LogP contribution in [0.15, 0.2) is 60.9 Å². The van der Waals surface area contributed by atoms with Gasteiger partial charge in [-0.05, 0) is 85.0 Å². The summed E-state index contributed by atoms with van der Waals surface area (Å²) in [5, 5.41) is 13.0. The van der Waals surface area contributed by atoms with Crippen molar-refractivity contribution in [1.82, 2.24) is 10.3 Å². The number of aryl methyl sites for hydroxylation is 1. The topological polar surface area (TPSA) is 68.7 Å². The first-order valence-electron chi connectivity index (χ1n) is 11.0. The van der Waals surface area contributed by atoms with Gasteiger partial charge >= 0.3 is 5.97 Å². The molecule has 6 heteroatoms. The lowest BCUT2D eigenvalue weighted by atomic mass is 9.89. The number of benzene rings is 2. The Morgan fingerprint density at radius 2 is 1.78 bits per heavy atom. The van der Waals surface area contributed by atoms with E-state index in [1.54, 1.807) is 12.3 Å². The Hall–Kier alpha value is -3.38. The number of nitrogens with zero attached hydrogens (tertiary/aromatic N) is 3. The Balaban J connectivity index is 1.51. The number of carboxylic acid groups (broad SMARTS) is 1. The molecule has 1 aliphatic heterocycles. The van der Waals surface area contributed by atoms with E-state index in [4.69, 9.17) is 0 Å². The van der Waals surface area contributed by atoms with E-state index in [-0.39, 0.29) is 6.04 Å². The first-order valence-corrected chi connectivity index (χ1v) is 11.0. The van der Waals surface area contributed by atoms with Gasteiger partial charge in [0.15, 0.2) is 0 Å². The second kappa shape index (κ2) is 9.40. The van der Waals surface area contributed by atoms with E-state index in [9.17, 15) is 9.90 Å². The molecule has 0 bridgehead atoms. The van der Waals surface area contributed by atoms with Gasteiger partial charge in [0.2, 0.25) is 0 Å². The molecule has 1 atom stereocenters. The summed E-state index contributed by atoms with van der Waals surface area (Å²) in [6.07, 6.45) is 5.70. The number of hydrogen-bond donors (Lipinski definition) is 2. The predicted octanol–water partition coefficient (Wildman–Crippen LogP) is 4.43. The Labute approximate surface area is 189 Å². The predicted molar refractivity (Wildman–Crippen MR) is 129 cm³/mol. The molecule has 0 saturated carbocycles. The molecule has 2 aromatic carbocycles. The summed E-state index contributed by atoms with van der Waals surface area (Å²) in [6, 6.07) is 17.0. The Morgan fingerprint density at radius 3 is 2.50 bits per heavy atom. The number of hydrogen-bond acceptors (Lipinski definition) is 5. The van der Waals surface area contributed by atoms with Gasteiger partial charge in [0.1, 0.15) is 0 Å². The zero-order valence-electron chi connectivity index (χ0n) is 18.9. The van der Waals surface area contributed by atoms with Crippen LogP contribution in [-0.4, -0.2) is 43.7 Å². The monoisotopic (exact) mass is 430 g/mol. The second-order valence-corrected chi connectivity index (χ2v) is 8.49. The maximum absolute atomic E-state index is 11.5. The summed E-state index contributed by atoms with van der Waals surface area (Å²) in [6.45, 7) is 0.918. The third kappa shape index (κ3) is 4.60. The molecule has 0 unspecified atom stereocenters. The van der Waals surface area contributed by atoms with Crippen LogP contribution in [0.4, 0.5) is 17.1 Å². The van der Waals surface area contributed by atoms with Crippen molar-refractivity contribution in [2.45, 2.75) is 25.3 Å². The van der Waals surface area contributed by atoms with Crippen LogP contribution in [0.5, 0.6) is 0 Å². The van der Waals surface area contributed by atoms with Crippen LogP contribution in [0.2, 0.25) is 0 Å². The molecule has 0 aliphatic carbocycles. The van der Waals surface area contributed by atoms with Gasteiger partial charge in [-0.25, -0.2) is 4.79 Å². The largest absolute Gasteiger partial charge is 0.478 e. The van der Waals surface area contributed by atoms with E-state index in [0.717, 1.165) is 30.6 Å². The van der Waals surface area contributed by atoms with Crippen LogP contribution < -0.4 is 15.1 Å². The lowest BCUT2D eigenvalue weighted by molar-refractivity contribution is 0.0695. The zero-order chi connectivity index (χ0) is 22.7. The maximum Gasteiger partial charge on any atom is 0.336 e. The van der Waals surface area contributed by atoms with Crippen molar-refractivity contribution < 1.29 is 9.90 Å². The van der Waals surface area contributed by atoms with E-state index >= 15 is 0 Å². The number of aromatic carboxylic acids is 1. The fourth-order valence-corrected chi connectivity index (χ4v) is 4.36. The van der Waals surface area contributed by atoms with Crippen molar-refractivity contribution in [3.63, 3.8) is 0 Å². The molecule has 3 aromatic rings. The molecule has 0 amide bonds. The molecule has 4 rings (SSSR count). The highest BCUT2D eigenvalue weighted by Crippen LogP contribution is 2.32. The molecular formula is C26H30N4O2. The zero-order valence-corrected chi connectivity index (χ0v) is 18.9. The first kappa shape index (κ1) is 21.8. The highest BCUT2D eigenvalue weighted by atomic mass is 16.4. The molecule has 0 fully saturated rings. The minimum atomic E-state index is -0.898. The molecule has 2 heterocycles. The number of fused-ring (bicyclic) bond motifs is 1. The van der Waals surface area contributed by atoms with Crippen LogP contribution in [0, 0.1) is 0 Å². The lowest BCUT2D eigenvalue weighted by Crippen LogP contribution is -2.30. The molecule has 1 aliphatic rings. The van der Waals surface area contributed by atoms with Gasteiger partial charge in [0.05, 0.1) is 5.56 Å². The summed E-state index contributed by atoms with van der Waals surface area (Å²) < 4.78 is 0. The second-order valence-electron chi connectivity index (χ2n) is 8.49. The Kier molecular flexibility index (Phi) is 6.42.